The van der Waals surface area contributed by atoms with Gasteiger partial charge in [-0.05, 0) is 75.9 Å². The van der Waals surface area contributed by atoms with Gasteiger partial charge in [-0.25, -0.2) is 29.9 Å². The number of carboxylic acid groups (broad SMARTS) is 1. The molecular weight excluding hydrogens is 1150 g/mol. The van der Waals surface area contributed by atoms with Crippen molar-refractivity contribution in [1.29, 1.82) is 0 Å². The number of piperazine rings is 2. The molecule has 13 N–H and O–H groups in total. The van der Waals surface area contributed by atoms with Gasteiger partial charge in [0, 0.05) is 104 Å². The number of pyridine rings is 2. The van der Waals surface area contributed by atoms with E-state index in [1.165, 1.54) is 25.0 Å². The van der Waals surface area contributed by atoms with E-state index in [4.69, 9.17) is 88.7 Å². The molecule has 4 aromatic rings. The van der Waals surface area contributed by atoms with Crippen LogP contribution in [0.5, 0.6) is 0 Å². The molecule has 442 valence electrons. The summed E-state index contributed by atoms with van der Waals surface area (Å²) in [6.45, 7) is 12.3. The van der Waals surface area contributed by atoms with Crippen molar-refractivity contribution >= 4 is 105 Å². The summed E-state index contributed by atoms with van der Waals surface area (Å²) in [6, 6.07) is 7.42. The van der Waals surface area contributed by atoms with E-state index in [1.807, 2.05) is 4.90 Å². The number of carboxylic acids is 1. The van der Waals surface area contributed by atoms with E-state index >= 15 is 0 Å². The average Bonchev–Trinajstić information content (AvgIpc) is 3.47. The number of piperidine rings is 2. The van der Waals surface area contributed by atoms with E-state index in [0.29, 0.717) is 61.5 Å². The van der Waals surface area contributed by atoms with Gasteiger partial charge in [-0.1, -0.05) is 60.3 Å². The Labute approximate surface area is 498 Å². The summed E-state index contributed by atoms with van der Waals surface area (Å²) < 4.78 is 16.0. The molecule has 25 nitrogen and oxygen atoms in total. The molecule has 81 heavy (non-hydrogen) atoms. The molecule has 0 spiro atoms. The molecule has 4 aliphatic rings. The first-order valence-corrected chi connectivity index (χ1v) is 27.1. The first kappa shape index (κ1) is 69.8. The van der Waals surface area contributed by atoms with Crippen LogP contribution in [0.25, 0.3) is 0 Å². The Kier molecular flexibility index (Phi) is 29.4. The van der Waals surface area contributed by atoms with Gasteiger partial charge in [0.15, 0.2) is 45.0 Å². The molecular formula is C48H68Cl4F3LiN18O7. The summed E-state index contributed by atoms with van der Waals surface area (Å²) in [4.78, 5) is 83.4. The van der Waals surface area contributed by atoms with Crippen molar-refractivity contribution in [3.8, 4) is 0 Å². The second-order valence-electron chi connectivity index (χ2n) is 18.5. The minimum Gasteiger partial charge on any atom is -0.545 e. The summed E-state index contributed by atoms with van der Waals surface area (Å²) in [5, 5.41) is 37.2. The topological polar surface area (TPSA) is 366 Å². The predicted molar refractivity (Wildman–Crippen MR) is 299 cm³/mol. The van der Waals surface area contributed by atoms with Crippen molar-refractivity contribution in [2.45, 2.75) is 76.5 Å². The van der Waals surface area contributed by atoms with E-state index in [9.17, 15) is 24.3 Å². The van der Waals surface area contributed by atoms with Crippen molar-refractivity contribution in [1.82, 2.24) is 60.6 Å². The van der Waals surface area contributed by atoms with Gasteiger partial charge in [-0.15, -0.1) is 0 Å². The van der Waals surface area contributed by atoms with E-state index in [2.05, 4.69) is 79.3 Å². The van der Waals surface area contributed by atoms with Crippen LogP contribution >= 0.6 is 46.4 Å². The number of aromatic carboxylic acids is 1. The fourth-order valence-electron chi connectivity index (χ4n) is 9.85. The molecule has 8 heterocycles. The molecule has 0 bridgehead atoms. The summed E-state index contributed by atoms with van der Waals surface area (Å²) in [6.07, 6.45) is 6.04. The zero-order valence-corrected chi connectivity index (χ0v) is 48.1. The molecule has 4 saturated heterocycles. The second-order valence-corrected chi connectivity index (χ2v) is 20.0. The van der Waals surface area contributed by atoms with E-state index in [0.717, 1.165) is 65.0 Å². The Morgan fingerprint density at radius 3 is 1.42 bits per heavy atom. The summed E-state index contributed by atoms with van der Waals surface area (Å²) in [5.41, 5.74) is 23.3. The number of carbonyl (C=O) groups is 4. The Morgan fingerprint density at radius 2 is 1.04 bits per heavy atom. The molecule has 0 unspecified atom stereocenters. The number of halogens is 7. The molecule has 4 aromatic heterocycles. The van der Waals surface area contributed by atoms with Crippen molar-refractivity contribution in [3.05, 3.63) is 67.4 Å². The number of aliphatic hydroxyl groups is 2. The Hall–Kier alpha value is -5.51. The van der Waals surface area contributed by atoms with Gasteiger partial charge in [0.05, 0.1) is 24.7 Å². The van der Waals surface area contributed by atoms with Crippen molar-refractivity contribution < 1.29 is 67.2 Å². The second kappa shape index (κ2) is 34.2. The molecule has 0 aromatic carbocycles. The minimum absolute atomic E-state index is 0. The molecule has 4 aliphatic heterocycles. The van der Waals surface area contributed by atoms with Crippen LogP contribution in [0.1, 0.15) is 94.1 Å². The molecule has 2 atom stereocenters. The number of likely N-dealkylation sites (tertiary alicyclic amines) is 1. The van der Waals surface area contributed by atoms with Crippen LogP contribution < -0.4 is 72.7 Å². The number of nitrogens with zero attached hydrogens (tertiary/aromatic N) is 11. The van der Waals surface area contributed by atoms with Crippen molar-refractivity contribution in [3.63, 3.8) is 0 Å². The predicted octanol–water partition coefficient (Wildman–Crippen LogP) is -0.965. The Balaban J connectivity index is 0.000000351. The number of carbonyl (C=O) groups excluding carboxylic acids is 4. The van der Waals surface area contributed by atoms with Gasteiger partial charge < -0.3 is 73.7 Å². The number of nitrogens with two attached hydrogens (primary N) is 4. The van der Waals surface area contributed by atoms with Crippen LogP contribution in [-0.2, 0) is 0 Å². The number of rotatable bonds is 14. The van der Waals surface area contributed by atoms with Gasteiger partial charge in [0.1, 0.15) is 21.9 Å². The number of anilines is 6. The van der Waals surface area contributed by atoms with Crippen LogP contribution in [0.3, 0.4) is 0 Å². The summed E-state index contributed by atoms with van der Waals surface area (Å²) in [5.74, 6) is -1.47. The van der Waals surface area contributed by atoms with Gasteiger partial charge >= 0.3 is 18.9 Å². The quantitative estimate of drug-likeness (QED) is 0.0542. The third-order valence-electron chi connectivity index (χ3n) is 13.8. The zero-order valence-electron chi connectivity index (χ0n) is 45.1. The molecule has 3 amide bonds. The molecule has 4 fully saturated rings. The third-order valence-corrected chi connectivity index (χ3v) is 14.7. The number of hydrogen-bond acceptors (Lipinski definition) is 22. The molecule has 33 heteroatoms. The van der Waals surface area contributed by atoms with E-state index in [-0.39, 0.29) is 123 Å². The first-order chi connectivity index (χ1) is 37.9. The van der Waals surface area contributed by atoms with E-state index in [1.54, 1.807) is 12.1 Å². The summed E-state index contributed by atoms with van der Waals surface area (Å²) in [7, 11) is 0. The normalized spacial score (nSPS) is 17.8. The Morgan fingerprint density at radius 1 is 0.630 bits per heavy atom. The third kappa shape index (κ3) is 18.7. The van der Waals surface area contributed by atoms with Crippen LogP contribution in [0.15, 0.2) is 24.3 Å². The monoisotopic (exact) mass is 1210 g/mol. The van der Waals surface area contributed by atoms with Crippen molar-refractivity contribution in [2.75, 3.05) is 124 Å². The SMILES string of the molecule is CC[C@H]1CN(c2nc(N)c(C(=O)NCCO)nc2Cl)CCN1C1CCN(C(=O)c2ccc(Cl)nc2N)CC1.CC[C@H]1CN(c2nc(N)c(C(=O)NCCO)nc2Cl)CCN1C1CCNCC1.F.FF.Nc1nc(Cl)ccc1C(=O)[O-].[Li+]. The molecule has 0 saturated carbocycles. The van der Waals surface area contributed by atoms with Gasteiger partial charge in [0.25, 0.3) is 17.7 Å². The zero-order chi connectivity index (χ0) is 57.9. The Bertz CT molecular complexity index is 2710. The number of aromatic nitrogens is 6. The van der Waals surface area contributed by atoms with Crippen molar-refractivity contribution in [2.24, 2.45) is 0 Å². The maximum absolute atomic E-state index is 13.0. The first-order valence-electron chi connectivity index (χ1n) is 25.5. The maximum Gasteiger partial charge on any atom is 1.00 e. The van der Waals surface area contributed by atoms with Crippen LogP contribution in [0.4, 0.5) is 48.8 Å². The standard InChI is InChI=1S/C24H33Cl2N9O3.C18H30ClN7O2.C6H5ClN2O2.F2.FH.Li/c1-2-14-13-34(22-19(26)31-18(21(28)32-22)23(37)29-7-12-36)10-11-35(14)15-5-8-33(9-6-15)24(38)16-3-4-17(25)30-20(16)27;1-2-12-11-25(8-9-26(12)13-3-5-21-6-4-13)17-15(19)23-14(16(20)24-17)18(28)22-7-10-27;7-4-2-1-3(6(10)11)5(8)9-4;1-2;;/h3-4,14-15,36H,2,5-13H2,1H3,(H2,27,30)(H2,28,32)(H,29,37);12-13,21,27H,2-11H2,1H3,(H2,20,24)(H,22,28);1-2H,(H2,8,9)(H,10,11);;1H;/q;;;;;+1/p-1/t14-;12-;;;;/m00..../s1. The van der Waals surface area contributed by atoms with Crippen LogP contribution in [-0.4, -0.2) is 194 Å². The largest absolute Gasteiger partial charge is 1.00 e. The fourth-order valence-corrected chi connectivity index (χ4v) is 10.7. The average molecular weight is 1210 g/mol. The molecule has 0 aliphatic carbocycles. The van der Waals surface area contributed by atoms with E-state index < -0.39 is 17.8 Å². The molecule has 0 radical (unpaired) electrons. The smallest absolute Gasteiger partial charge is 0.545 e. The molecule has 8 rings (SSSR count). The number of nitrogen functional groups attached to an aromatic ring is 4. The minimum atomic E-state index is -1.35. The van der Waals surface area contributed by atoms with Gasteiger partial charge in [-0.3, -0.25) is 28.9 Å². The van der Waals surface area contributed by atoms with Gasteiger partial charge in [0.2, 0.25) is 0 Å². The van der Waals surface area contributed by atoms with Gasteiger partial charge in [-0.2, -0.15) is 0 Å². The number of amides is 3. The van der Waals surface area contributed by atoms with Crippen LogP contribution in [0, 0.1) is 0 Å². The number of aliphatic hydroxyl groups excluding tert-OH is 2. The number of hydrogen-bond donors (Lipinski definition) is 9. The van der Waals surface area contributed by atoms with Crippen LogP contribution in [0.2, 0.25) is 20.6 Å². The fraction of sp³-hybridized carbons (Fsp3) is 0.542. The maximum atomic E-state index is 13.0. The summed E-state index contributed by atoms with van der Waals surface area (Å²) >= 11 is 24.1. The number of nitrogens with one attached hydrogen (secondary N) is 3.